The lowest BCUT2D eigenvalue weighted by atomic mass is 9.97. The monoisotopic (exact) mass is 354 g/mol. The van der Waals surface area contributed by atoms with Crippen LogP contribution < -0.4 is 5.43 Å². The Labute approximate surface area is 156 Å². The van der Waals surface area contributed by atoms with Crippen LogP contribution in [0.5, 0.6) is 0 Å². The number of carbonyl (C=O) groups is 1. The fraction of sp³-hybridized carbons (Fsp3) is 0.0435. The minimum absolute atomic E-state index is 0.529. The van der Waals surface area contributed by atoms with Gasteiger partial charge < -0.3 is 5.11 Å². The molecule has 4 aromatic rings. The molecule has 4 heteroatoms. The first-order valence-corrected chi connectivity index (χ1v) is 8.70. The highest BCUT2D eigenvalue weighted by molar-refractivity contribution is 6.13. The number of nitrogens with zero attached hydrogens (tertiary/aromatic N) is 1. The number of amides is 1. The van der Waals surface area contributed by atoms with Crippen LogP contribution >= 0.6 is 0 Å². The van der Waals surface area contributed by atoms with E-state index in [-0.39, 0.29) is 0 Å². The van der Waals surface area contributed by atoms with E-state index in [1.165, 1.54) is 0 Å². The van der Waals surface area contributed by atoms with Crippen LogP contribution in [0.4, 0.5) is 0 Å². The summed E-state index contributed by atoms with van der Waals surface area (Å²) in [5.41, 5.74) is 3.90. The summed E-state index contributed by atoms with van der Waals surface area (Å²) in [5.74, 6) is -0.568. The number of benzene rings is 4. The first-order valence-electron chi connectivity index (χ1n) is 8.70. The number of hydrogen-bond donors (Lipinski definition) is 2. The molecule has 0 heterocycles. The van der Waals surface area contributed by atoms with Gasteiger partial charge in [-0.3, -0.25) is 4.79 Å². The quantitative estimate of drug-likeness (QED) is 0.328. The van der Waals surface area contributed by atoms with Crippen LogP contribution in [0.3, 0.4) is 0 Å². The second-order valence-electron chi connectivity index (χ2n) is 6.28. The Balaban J connectivity index is 1.65. The van der Waals surface area contributed by atoms with Crippen molar-refractivity contribution in [3.63, 3.8) is 0 Å². The highest BCUT2D eigenvalue weighted by Gasteiger charge is 2.16. The van der Waals surface area contributed by atoms with Crippen LogP contribution in [0.2, 0.25) is 0 Å². The third kappa shape index (κ3) is 3.43. The molecule has 0 aliphatic heterocycles. The van der Waals surface area contributed by atoms with Crippen LogP contribution in [0.25, 0.3) is 21.5 Å². The average Bonchev–Trinajstić information content (AvgIpc) is 2.73. The van der Waals surface area contributed by atoms with Gasteiger partial charge in [0.1, 0.15) is 0 Å². The fourth-order valence-electron chi connectivity index (χ4n) is 3.20. The number of hydrogen-bond acceptors (Lipinski definition) is 3. The fourth-order valence-corrected chi connectivity index (χ4v) is 3.20. The Bertz CT molecular complexity index is 1080. The predicted molar refractivity (Wildman–Crippen MR) is 109 cm³/mol. The van der Waals surface area contributed by atoms with Crippen molar-refractivity contribution in [3.05, 3.63) is 96.1 Å². The van der Waals surface area contributed by atoms with Crippen molar-refractivity contribution in [1.29, 1.82) is 0 Å². The van der Waals surface area contributed by atoms with E-state index in [0.29, 0.717) is 5.56 Å². The van der Waals surface area contributed by atoms with Crippen LogP contribution in [-0.2, 0) is 4.79 Å². The normalized spacial score (nSPS) is 12.5. The maximum atomic E-state index is 12.2. The summed E-state index contributed by atoms with van der Waals surface area (Å²) in [4.78, 5) is 12.2. The van der Waals surface area contributed by atoms with Gasteiger partial charge in [0.2, 0.25) is 0 Å². The van der Waals surface area contributed by atoms with Crippen LogP contribution in [-0.4, -0.2) is 17.2 Å². The Morgan fingerprint density at radius 1 is 0.852 bits per heavy atom. The molecule has 132 valence electrons. The highest BCUT2D eigenvalue weighted by Crippen LogP contribution is 2.27. The molecule has 1 amide bonds. The van der Waals surface area contributed by atoms with Crippen LogP contribution in [0.1, 0.15) is 17.2 Å². The molecular formula is C23H18N2O2. The molecule has 0 aromatic heterocycles. The van der Waals surface area contributed by atoms with E-state index in [9.17, 15) is 9.90 Å². The summed E-state index contributed by atoms with van der Waals surface area (Å²) in [6.45, 7) is 0. The van der Waals surface area contributed by atoms with Crippen LogP contribution in [0.15, 0.2) is 90.0 Å². The Morgan fingerprint density at radius 3 is 2.04 bits per heavy atom. The van der Waals surface area contributed by atoms with E-state index in [1.54, 1.807) is 30.5 Å². The maximum absolute atomic E-state index is 12.2. The van der Waals surface area contributed by atoms with Crippen molar-refractivity contribution in [2.45, 2.75) is 6.10 Å². The zero-order chi connectivity index (χ0) is 18.6. The molecule has 4 rings (SSSR count). The highest BCUT2D eigenvalue weighted by atomic mass is 16.3. The lowest BCUT2D eigenvalue weighted by Gasteiger charge is -2.10. The number of hydrazone groups is 1. The largest absolute Gasteiger partial charge is 0.378 e. The van der Waals surface area contributed by atoms with E-state index in [2.05, 4.69) is 28.7 Å². The van der Waals surface area contributed by atoms with Gasteiger partial charge in [0.15, 0.2) is 6.10 Å². The summed E-state index contributed by atoms with van der Waals surface area (Å²) < 4.78 is 0. The van der Waals surface area contributed by atoms with E-state index in [4.69, 9.17) is 0 Å². The molecule has 0 saturated heterocycles. The average molecular weight is 354 g/mol. The Hall–Kier alpha value is -3.50. The standard InChI is InChI=1S/C23H18N2O2/c26-22(16-8-2-1-3-9-16)23(27)25-24-15-21-19-12-6-4-10-17(19)14-18-11-5-7-13-20(18)21/h1-15,22,26H,(H,25,27)/t22-/m1/s1. The van der Waals surface area contributed by atoms with Gasteiger partial charge in [0.25, 0.3) is 5.91 Å². The van der Waals surface area contributed by atoms with Gasteiger partial charge in [-0.2, -0.15) is 5.10 Å². The third-order valence-electron chi connectivity index (χ3n) is 4.54. The second-order valence-corrected chi connectivity index (χ2v) is 6.28. The first-order chi connectivity index (χ1) is 13.2. The summed E-state index contributed by atoms with van der Waals surface area (Å²) in [6, 6.07) is 27.0. The summed E-state index contributed by atoms with van der Waals surface area (Å²) in [6.07, 6.45) is 0.382. The molecule has 0 bridgehead atoms. The van der Waals surface area contributed by atoms with Gasteiger partial charge in [-0.05, 0) is 33.2 Å². The van der Waals surface area contributed by atoms with E-state index in [1.807, 2.05) is 42.5 Å². The molecule has 0 spiro atoms. The number of aliphatic hydroxyl groups excluding tert-OH is 1. The molecule has 0 unspecified atom stereocenters. The van der Waals surface area contributed by atoms with Crippen LogP contribution in [0, 0.1) is 0 Å². The molecule has 27 heavy (non-hydrogen) atoms. The van der Waals surface area contributed by atoms with Crippen molar-refractivity contribution in [2.24, 2.45) is 5.10 Å². The smallest absolute Gasteiger partial charge is 0.273 e. The molecule has 4 aromatic carbocycles. The molecule has 0 aliphatic rings. The van der Waals surface area contributed by atoms with Gasteiger partial charge in [0.05, 0.1) is 6.21 Å². The molecule has 2 N–H and O–H groups in total. The molecule has 0 fully saturated rings. The van der Waals surface area contributed by atoms with Gasteiger partial charge in [-0.25, -0.2) is 5.43 Å². The molecule has 1 atom stereocenters. The first kappa shape index (κ1) is 16.9. The molecule has 0 radical (unpaired) electrons. The third-order valence-corrected chi connectivity index (χ3v) is 4.54. The Kier molecular flexibility index (Phi) is 4.64. The minimum atomic E-state index is -1.26. The SMILES string of the molecule is O=C(NN=Cc1c2ccccc2cc2ccccc12)[C@H](O)c1ccccc1. The summed E-state index contributed by atoms with van der Waals surface area (Å²) in [5, 5.41) is 18.6. The number of carbonyl (C=O) groups excluding carboxylic acids is 1. The zero-order valence-electron chi connectivity index (χ0n) is 14.5. The summed E-state index contributed by atoms with van der Waals surface area (Å²) in [7, 11) is 0. The lowest BCUT2D eigenvalue weighted by molar-refractivity contribution is -0.129. The Morgan fingerprint density at radius 2 is 1.41 bits per heavy atom. The summed E-state index contributed by atoms with van der Waals surface area (Å²) >= 11 is 0. The van der Waals surface area contributed by atoms with Crippen molar-refractivity contribution >= 4 is 33.7 Å². The lowest BCUT2D eigenvalue weighted by Crippen LogP contribution is -2.25. The molecule has 0 saturated carbocycles. The molecule has 0 aliphatic carbocycles. The van der Waals surface area contributed by atoms with E-state index < -0.39 is 12.0 Å². The van der Waals surface area contributed by atoms with Crippen molar-refractivity contribution in [3.8, 4) is 0 Å². The zero-order valence-corrected chi connectivity index (χ0v) is 14.5. The number of fused-ring (bicyclic) bond motifs is 2. The van der Waals surface area contributed by atoms with E-state index >= 15 is 0 Å². The topological polar surface area (TPSA) is 61.7 Å². The maximum Gasteiger partial charge on any atom is 0.273 e. The number of nitrogens with one attached hydrogen (secondary N) is 1. The van der Waals surface area contributed by atoms with Crippen molar-refractivity contribution < 1.29 is 9.90 Å². The molecular weight excluding hydrogens is 336 g/mol. The van der Waals surface area contributed by atoms with Gasteiger partial charge in [-0.1, -0.05) is 78.9 Å². The molecule has 4 nitrogen and oxygen atoms in total. The van der Waals surface area contributed by atoms with Crippen molar-refractivity contribution in [2.75, 3.05) is 0 Å². The van der Waals surface area contributed by atoms with Gasteiger partial charge >= 0.3 is 0 Å². The number of rotatable bonds is 4. The minimum Gasteiger partial charge on any atom is -0.378 e. The number of aliphatic hydroxyl groups is 1. The predicted octanol–water partition coefficient (Wildman–Crippen LogP) is 4.18. The van der Waals surface area contributed by atoms with Crippen molar-refractivity contribution in [1.82, 2.24) is 5.43 Å². The van der Waals surface area contributed by atoms with Gasteiger partial charge in [0, 0.05) is 5.56 Å². The second kappa shape index (κ2) is 7.40. The van der Waals surface area contributed by atoms with Gasteiger partial charge in [-0.15, -0.1) is 0 Å². The van der Waals surface area contributed by atoms with E-state index in [0.717, 1.165) is 27.1 Å².